The lowest BCUT2D eigenvalue weighted by atomic mass is 10.1. The Hall–Kier alpha value is -0.620. The van der Waals surface area contributed by atoms with Crippen molar-refractivity contribution in [2.45, 2.75) is 19.1 Å². The van der Waals surface area contributed by atoms with Crippen LogP contribution in [0.4, 0.5) is 4.39 Å². The average Bonchev–Trinajstić information content (AvgIpc) is 2.74. The number of ether oxygens (including phenoxy) is 1. The van der Waals surface area contributed by atoms with Gasteiger partial charge in [0, 0.05) is 10.9 Å². The Balaban J connectivity index is 2.26. The van der Waals surface area contributed by atoms with Gasteiger partial charge < -0.3 is 10.5 Å². The summed E-state index contributed by atoms with van der Waals surface area (Å²) in [6, 6.07) is 7.75. The van der Waals surface area contributed by atoms with Crippen LogP contribution in [0, 0.1) is 5.82 Å². The standard InChI is InChI=1S/C13H12BrClFNOS/c1-7(17)13(11-4-5-12(15)19-11)18-10-3-2-8(16)6-9(10)14/h2-7,13H,17H2,1H3. The van der Waals surface area contributed by atoms with Crippen LogP contribution in [0.5, 0.6) is 5.75 Å². The number of halogens is 3. The van der Waals surface area contributed by atoms with E-state index in [9.17, 15) is 4.39 Å². The monoisotopic (exact) mass is 363 g/mol. The molecule has 0 aliphatic rings. The summed E-state index contributed by atoms with van der Waals surface area (Å²) in [5.41, 5.74) is 5.95. The van der Waals surface area contributed by atoms with Gasteiger partial charge in [-0.1, -0.05) is 11.6 Å². The second kappa shape index (κ2) is 6.22. The molecule has 1 heterocycles. The van der Waals surface area contributed by atoms with Crippen molar-refractivity contribution in [2.75, 3.05) is 0 Å². The summed E-state index contributed by atoms with van der Waals surface area (Å²) < 4.78 is 20.2. The maximum absolute atomic E-state index is 13.0. The maximum Gasteiger partial charge on any atom is 0.148 e. The highest BCUT2D eigenvalue weighted by Crippen LogP contribution is 2.34. The molecule has 0 aliphatic heterocycles. The maximum atomic E-state index is 13.0. The van der Waals surface area contributed by atoms with Crippen LogP contribution in [-0.4, -0.2) is 6.04 Å². The molecule has 0 saturated heterocycles. The third kappa shape index (κ3) is 3.69. The molecule has 0 spiro atoms. The lowest BCUT2D eigenvalue weighted by molar-refractivity contribution is 0.182. The quantitative estimate of drug-likeness (QED) is 0.848. The molecule has 1 aromatic heterocycles. The molecular weight excluding hydrogens is 353 g/mol. The van der Waals surface area contributed by atoms with Gasteiger partial charge in [0.25, 0.3) is 0 Å². The minimum atomic E-state index is -0.323. The molecule has 0 bridgehead atoms. The van der Waals surface area contributed by atoms with E-state index in [0.29, 0.717) is 14.6 Å². The summed E-state index contributed by atoms with van der Waals surface area (Å²) in [6.45, 7) is 1.86. The first-order chi connectivity index (χ1) is 8.97. The van der Waals surface area contributed by atoms with Gasteiger partial charge in [-0.3, -0.25) is 0 Å². The number of rotatable bonds is 4. The Bertz CT molecular complexity index is 576. The highest BCUT2D eigenvalue weighted by molar-refractivity contribution is 9.10. The molecule has 0 fully saturated rings. The van der Waals surface area contributed by atoms with E-state index in [2.05, 4.69) is 15.9 Å². The molecule has 0 radical (unpaired) electrons. The van der Waals surface area contributed by atoms with Crippen LogP contribution >= 0.6 is 38.9 Å². The summed E-state index contributed by atoms with van der Waals surface area (Å²) in [6.07, 6.45) is -0.320. The van der Waals surface area contributed by atoms with E-state index in [4.69, 9.17) is 22.1 Å². The lowest BCUT2D eigenvalue weighted by Crippen LogP contribution is -2.28. The van der Waals surface area contributed by atoms with Crippen LogP contribution in [0.15, 0.2) is 34.8 Å². The van der Waals surface area contributed by atoms with Gasteiger partial charge in [0.1, 0.15) is 17.7 Å². The second-order valence-corrected chi connectivity index (χ2v) is 6.72. The number of nitrogens with two attached hydrogens (primary N) is 1. The topological polar surface area (TPSA) is 35.2 Å². The molecule has 2 aromatic rings. The fourth-order valence-corrected chi connectivity index (χ4v) is 3.26. The van der Waals surface area contributed by atoms with Gasteiger partial charge in [-0.2, -0.15) is 0 Å². The van der Waals surface area contributed by atoms with E-state index in [1.807, 2.05) is 13.0 Å². The summed E-state index contributed by atoms with van der Waals surface area (Å²) >= 11 is 10.6. The van der Waals surface area contributed by atoms with Crippen molar-refractivity contribution in [2.24, 2.45) is 5.73 Å². The van der Waals surface area contributed by atoms with E-state index in [-0.39, 0.29) is 18.0 Å². The van der Waals surface area contributed by atoms with Gasteiger partial charge in [-0.05, 0) is 53.2 Å². The number of thiophene rings is 1. The molecular formula is C13H12BrClFNOS. The minimum absolute atomic E-state index is 0.216. The molecule has 2 atom stereocenters. The van der Waals surface area contributed by atoms with E-state index in [0.717, 1.165) is 4.88 Å². The molecule has 19 heavy (non-hydrogen) atoms. The normalized spacial score (nSPS) is 14.2. The van der Waals surface area contributed by atoms with Crippen molar-refractivity contribution in [3.05, 3.63) is 49.8 Å². The van der Waals surface area contributed by atoms with Gasteiger partial charge in [-0.15, -0.1) is 11.3 Å². The third-order valence-corrected chi connectivity index (χ3v) is 4.41. The Morgan fingerprint density at radius 2 is 2.11 bits per heavy atom. The van der Waals surface area contributed by atoms with Crippen molar-refractivity contribution in [1.29, 1.82) is 0 Å². The molecule has 0 saturated carbocycles. The lowest BCUT2D eigenvalue weighted by Gasteiger charge is -2.22. The molecule has 6 heteroatoms. The smallest absolute Gasteiger partial charge is 0.148 e. The third-order valence-electron chi connectivity index (χ3n) is 2.50. The van der Waals surface area contributed by atoms with Crippen LogP contribution < -0.4 is 10.5 Å². The Labute approximate surface area is 128 Å². The van der Waals surface area contributed by atoms with E-state index in [1.165, 1.54) is 23.5 Å². The predicted octanol–water partition coefficient (Wildman–Crippen LogP) is 4.77. The summed E-state index contributed by atoms with van der Waals surface area (Å²) in [7, 11) is 0. The fourth-order valence-electron chi connectivity index (χ4n) is 1.61. The van der Waals surface area contributed by atoms with Crippen molar-refractivity contribution in [1.82, 2.24) is 0 Å². The zero-order valence-electron chi connectivity index (χ0n) is 10.1. The largest absolute Gasteiger partial charge is 0.482 e. The Kier molecular flexibility index (Phi) is 4.84. The van der Waals surface area contributed by atoms with Crippen LogP contribution in [0.1, 0.15) is 17.9 Å². The van der Waals surface area contributed by atoms with Gasteiger partial charge in [0.15, 0.2) is 0 Å². The van der Waals surface area contributed by atoms with Gasteiger partial charge in [-0.25, -0.2) is 4.39 Å². The summed E-state index contributed by atoms with van der Waals surface area (Å²) in [4.78, 5) is 0.941. The highest BCUT2D eigenvalue weighted by Gasteiger charge is 2.21. The summed E-state index contributed by atoms with van der Waals surface area (Å²) in [5.74, 6) is 0.226. The van der Waals surface area contributed by atoms with Gasteiger partial charge in [0.2, 0.25) is 0 Å². The molecule has 102 valence electrons. The first-order valence-electron chi connectivity index (χ1n) is 5.60. The van der Waals surface area contributed by atoms with Crippen molar-refractivity contribution in [3.63, 3.8) is 0 Å². The zero-order valence-corrected chi connectivity index (χ0v) is 13.2. The van der Waals surface area contributed by atoms with Crippen molar-refractivity contribution in [3.8, 4) is 5.75 Å². The molecule has 2 N–H and O–H groups in total. The first-order valence-corrected chi connectivity index (χ1v) is 7.58. The average molecular weight is 365 g/mol. The SMILES string of the molecule is CC(N)C(Oc1ccc(F)cc1Br)c1ccc(Cl)s1. The molecule has 0 aliphatic carbocycles. The van der Waals surface area contributed by atoms with E-state index >= 15 is 0 Å². The molecule has 0 amide bonds. The number of hydrogen-bond donors (Lipinski definition) is 1. The van der Waals surface area contributed by atoms with Gasteiger partial charge >= 0.3 is 0 Å². The van der Waals surface area contributed by atoms with Crippen molar-refractivity contribution >= 4 is 38.9 Å². The van der Waals surface area contributed by atoms with Crippen LogP contribution in [-0.2, 0) is 0 Å². The number of hydrogen-bond acceptors (Lipinski definition) is 3. The molecule has 2 rings (SSSR count). The second-order valence-electron chi connectivity index (χ2n) is 4.11. The fraction of sp³-hybridized carbons (Fsp3) is 0.231. The van der Waals surface area contributed by atoms with Crippen molar-refractivity contribution < 1.29 is 9.13 Å². The van der Waals surface area contributed by atoms with Crippen LogP contribution in [0.2, 0.25) is 4.34 Å². The Morgan fingerprint density at radius 1 is 1.37 bits per heavy atom. The van der Waals surface area contributed by atoms with Crippen LogP contribution in [0.3, 0.4) is 0 Å². The highest BCUT2D eigenvalue weighted by atomic mass is 79.9. The molecule has 2 nitrogen and oxygen atoms in total. The predicted molar refractivity (Wildman–Crippen MR) is 80.4 cm³/mol. The van der Waals surface area contributed by atoms with Crippen LogP contribution in [0.25, 0.3) is 0 Å². The number of benzene rings is 1. The van der Waals surface area contributed by atoms with E-state index < -0.39 is 0 Å². The Morgan fingerprint density at radius 3 is 2.63 bits per heavy atom. The molecule has 2 unspecified atom stereocenters. The molecule has 1 aromatic carbocycles. The minimum Gasteiger partial charge on any atom is -0.482 e. The zero-order chi connectivity index (χ0) is 14.0. The van der Waals surface area contributed by atoms with Gasteiger partial charge in [0.05, 0.1) is 8.81 Å². The first kappa shape index (κ1) is 14.8. The van der Waals surface area contributed by atoms with E-state index in [1.54, 1.807) is 12.1 Å². The summed E-state index contributed by atoms with van der Waals surface area (Å²) in [5, 5.41) is 0.